The van der Waals surface area contributed by atoms with Crippen LogP contribution in [0, 0.1) is 13.8 Å². The highest BCUT2D eigenvalue weighted by Gasteiger charge is 2.39. The molecule has 1 aromatic rings. The molecule has 1 aliphatic carbocycles. The quantitative estimate of drug-likeness (QED) is 0.931. The van der Waals surface area contributed by atoms with E-state index in [1.807, 2.05) is 0 Å². The van der Waals surface area contributed by atoms with E-state index in [2.05, 4.69) is 18.5 Å². The molecule has 1 unspecified atom stereocenters. The highest BCUT2D eigenvalue weighted by atomic mass is 16.5. The maximum Gasteiger partial charge on any atom is 0.0703 e. The van der Waals surface area contributed by atoms with Crippen molar-refractivity contribution in [3.8, 4) is 0 Å². The van der Waals surface area contributed by atoms with Crippen LogP contribution in [0.1, 0.15) is 67.9 Å². The predicted molar refractivity (Wildman–Crippen MR) is 84.5 cm³/mol. The normalized spacial score (nSPS) is 25.4. The lowest BCUT2D eigenvalue weighted by Crippen LogP contribution is -2.42. The van der Waals surface area contributed by atoms with Crippen LogP contribution >= 0.6 is 0 Å². The van der Waals surface area contributed by atoms with Gasteiger partial charge in [-0.25, -0.2) is 0 Å². The summed E-state index contributed by atoms with van der Waals surface area (Å²) in [6, 6.07) is 0.502. The minimum atomic E-state index is 0.140. The molecule has 0 aromatic carbocycles. The summed E-state index contributed by atoms with van der Waals surface area (Å²) in [6.45, 7) is 5.90. The first kappa shape index (κ1) is 15.0. The molecular weight excluding hydrogens is 262 g/mol. The van der Waals surface area contributed by atoms with E-state index < -0.39 is 0 Å². The highest BCUT2D eigenvalue weighted by molar-refractivity contribution is 5.25. The number of aromatic nitrogens is 2. The molecule has 2 heterocycles. The third-order valence-electron chi connectivity index (χ3n) is 5.45. The van der Waals surface area contributed by atoms with Gasteiger partial charge < -0.3 is 10.5 Å². The van der Waals surface area contributed by atoms with E-state index in [1.165, 1.54) is 43.4 Å². The maximum absolute atomic E-state index is 6.22. The van der Waals surface area contributed by atoms with Crippen LogP contribution in [0.5, 0.6) is 0 Å². The zero-order chi connectivity index (χ0) is 14.9. The largest absolute Gasteiger partial charge is 0.375 e. The van der Waals surface area contributed by atoms with E-state index >= 15 is 0 Å². The third-order valence-corrected chi connectivity index (χ3v) is 5.45. The smallest absolute Gasteiger partial charge is 0.0703 e. The van der Waals surface area contributed by atoms with E-state index in [0.717, 1.165) is 31.6 Å². The van der Waals surface area contributed by atoms with Crippen molar-refractivity contribution in [2.75, 3.05) is 13.2 Å². The molecular formula is C17H29N3O. The van der Waals surface area contributed by atoms with Crippen LogP contribution < -0.4 is 5.73 Å². The Morgan fingerprint density at radius 2 is 2.05 bits per heavy atom. The van der Waals surface area contributed by atoms with Crippen molar-refractivity contribution in [1.29, 1.82) is 0 Å². The Bertz CT molecular complexity index is 483. The van der Waals surface area contributed by atoms with Gasteiger partial charge in [0, 0.05) is 12.3 Å². The zero-order valence-corrected chi connectivity index (χ0v) is 13.5. The number of hydrogen-bond acceptors (Lipinski definition) is 3. The van der Waals surface area contributed by atoms with Gasteiger partial charge in [-0.2, -0.15) is 5.10 Å². The van der Waals surface area contributed by atoms with Gasteiger partial charge in [0.15, 0.2) is 0 Å². The third kappa shape index (κ3) is 2.88. The van der Waals surface area contributed by atoms with Gasteiger partial charge in [0.25, 0.3) is 0 Å². The molecule has 1 atom stereocenters. The Labute approximate surface area is 128 Å². The summed E-state index contributed by atoms with van der Waals surface area (Å²) in [5, 5.41) is 4.84. The second kappa shape index (κ2) is 6.09. The van der Waals surface area contributed by atoms with E-state index in [-0.39, 0.29) is 5.60 Å². The zero-order valence-electron chi connectivity index (χ0n) is 13.5. The predicted octanol–water partition coefficient (Wildman–Crippen LogP) is 3.06. The second-order valence-corrected chi connectivity index (χ2v) is 6.87. The number of nitrogens with two attached hydrogens (primary N) is 1. The summed E-state index contributed by atoms with van der Waals surface area (Å²) in [5.41, 5.74) is 9.70. The van der Waals surface area contributed by atoms with Gasteiger partial charge in [-0.1, -0.05) is 19.3 Å². The van der Waals surface area contributed by atoms with Crippen LogP contribution in [-0.4, -0.2) is 28.5 Å². The summed E-state index contributed by atoms with van der Waals surface area (Å²) in [7, 11) is 0. The fraction of sp³-hybridized carbons (Fsp3) is 0.824. The van der Waals surface area contributed by atoms with Crippen molar-refractivity contribution in [2.24, 2.45) is 5.73 Å². The first-order chi connectivity index (χ1) is 10.2. The minimum absolute atomic E-state index is 0.140. The topological polar surface area (TPSA) is 53.1 Å². The van der Waals surface area contributed by atoms with Gasteiger partial charge in [-0.3, -0.25) is 4.68 Å². The number of rotatable bonds is 3. The fourth-order valence-electron chi connectivity index (χ4n) is 4.31. The number of aryl methyl sites for hydroxylation is 1. The van der Waals surface area contributed by atoms with E-state index in [9.17, 15) is 0 Å². The molecule has 1 spiro atoms. The van der Waals surface area contributed by atoms with Crippen molar-refractivity contribution in [3.05, 3.63) is 17.0 Å². The minimum Gasteiger partial charge on any atom is -0.375 e. The fourth-order valence-corrected chi connectivity index (χ4v) is 4.31. The molecule has 0 amide bonds. The van der Waals surface area contributed by atoms with Crippen LogP contribution in [0.2, 0.25) is 0 Å². The number of nitrogens with zero attached hydrogens (tertiary/aromatic N) is 2. The molecule has 1 aliphatic heterocycles. The molecule has 2 aliphatic rings. The van der Waals surface area contributed by atoms with Crippen LogP contribution in [-0.2, 0) is 11.2 Å². The molecule has 1 saturated heterocycles. The van der Waals surface area contributed by atoms with E-state index in [0.29, 0.717) is 12.6 Å². The molecule has 1 saturated carbocycles. The monoisotopic (exact) mass is 291 g/mol. The summed E-state index contributed by atoms with van der Waals surface area (Å²) in [5.74, 6) is 0. The molecule has 4 heteroatoms. The molecule has 4 nitrogen and oxygen atoms in total. The summed E-state index contributed by atoms with van der Waals surface area (Å²) < 4.78 is 8.50. The van der Waals surface area contributed by atoms with Gasteiger partial charge in [-0.05, 0) is 58.1 Å². The summed E-state index contributed by atoms with van der Waals surface area (Å²) >= 11 is 0. The van der Waals surface area contributed by atoms with Crippen molar-refractivity contribution < 1.29 is 4.74 Å². The molecule has 0 radical (unpaired) electrons. The van der Waals surface area contributed by atoms with Crippen molar-refractivity contribution in [1.82, 2.24) is 9.78 Å². The highest BCUT2D eigenvalue weighted by Crippen LogP contribution is 2.42. The average molecular weight is 291 g/mol. The van der Waals surface area contributed by atoms with Crippen LogP contribution in [0.3, 0.4) is 0 Å². The van der Waals surface area contributed by atoms with Crippen molar-refractivity contribution >= 4 is 0 Å². The van der Waals surface area contributed by atoms with Gasteiger partial charge in [0.05, 0.1) is 17.3 Å². The maximum atomic E-state index is 6.22. The average Bonchev–Trinajstić information content (AvgIpc) is 2.77. The lowest BCUT2D eigenvalue weighted by molar-refractivity contribution is -0.115. The Kier molecular flexibility index (Phi) is 4.36. The summed E-state index contributed by atoms with van der Waals surface area (Å²) in [6.07, 6.45) is 9.65. The van der Waals surface area contributed by atoms with Crippen LogP contribution in [0.25, 0.3) is 0 Å². The standard InChI is InChI=1S/C17H29N3O/c1-13-16(6-10-18)14(2)20(19-13)15-7-11-21-17(12-15)8-4-3-5-9-17/h15H,3-12,18H2,1-2H3. The first-order valence-electron chi connectivity index (χ1n) is 8.54. The van der Waals surface area contributed by atoms with Gasteiger partial charge >= 0.3 is 0 Å². The molecule has 118 valence electrons. The number of ether oxygens (including phenoxy) is 1. The van der Waals surface area contributed by atoms with Gasteiger partial charge in [-0.15, -0.1) is 0 Å². The van der Waals surface area contributed by atoms with Crippen molar-refractivity contribution in [3.63, 3.8) is 0 Å². The Hall–Kier alpha value is -0.870. The Balaban J connectivity index is 1.81. The first-order valence-corrected chi connectivity index (χ1v) is 8.54. The lowest BCUT2D eigenvalue weighted by atomic mass is 9.78. The molecule has 1 aromatic heterocycles. The lowest BCUT2D eigenvalue weighted by Gasteiger charge is -2.43. The van der Waals surface area contributed by atoms with Crippen LogP contribution in [0.15, 0.2) is 0 Å². The summed E-state index contributed by atoms with van der Waals surface area (Å²) in [4.78, 5) is 0. The van der Waals surface area contributed by atoms with Crippen molar-refractivity contribution in [2.45, 2.75) is 76.9 Å². The van der Waals surface area contributed by atoms with Gasteiger partial charge in [0.1, 0.15) is 0 Å². The molecule has 2 fully saturated rings. The van der Waals surface area contributed by atoms with E-state index in [1.54, 1.807) is 0 Å². The second-order valence-electron chi connectivity index (χ2n) is 6.87. The molecule has 2 N–H and O–H groups in total. The number of hydrogen-bond donors (Lipinski definition) is 1. The van der Waals surface area contributed by atoms with Crippen LogP contribution in [0.4, 0.5) is 0 Å². The molecule has 21 heavy (non-hydrogen) atoms. The molecule has 3 rings (SSSR count). The van der Waals surface area contributed by atoms with Gasteiger partial charge in [0.2, 0.25) is 0 Å². The Morgan fingerprint density at radius 1 is 1.29 bits per heavy atom. The molecule has 0 bridgehead atoms. The Morgan fingerprint density at radius 3 is 2.76 bits per heavy atom. The SMILES string of the molecule is Cc1nn(C2CCOC3(CCCCC3)C2)c(C)c1CCN. The van der Waals surface area contributed by atoms with E-state index in [4.69, 9.17) is 15.6 Å².